The monoisotopic (exact) mass is 289 g/mol. The van der Waals surface area contributed by atoms with Crippen LogP contribution in [-0.4, -0.2) is 15.9 Å². The number of hydrogen-bond acceptors (Lipinski definition) is 3. The van der Waals surface area contributed by atoms with E-state index < -0.39 is 23.7 Å². The van der Waals surface area contributed by atoms with Gasteiger partial charge in [-0.1, -0.05) is 12.1 Å². The molecule has 3 nitrogen and oxygen atoms in total. The van der Waals surface area contributed by atoms with Gasteiger partial charge in [0.05, 0.1) is 17.7 Å². The summed E-state index contributed by atoms with van der Waals surface area (Å²) in [5.74, 6) is -3.12. The summed E-state index contributed by atoms with van der Waals surface area (Å²) in [6.07, 6.45) is 1.15. The van der Waals surface area contributed by atoms with Crippen LogP contribution in [0.15, 0.2) is 36.5 Å². The molecule has 1 heterocycles. The second-order valence-corrected chi connectivity index (χ2v) is 5.09. The van der Waals surface area contributed by atoms with Gasteiger partial charge in [-0.3, -0.25) is 9.78 Å². The molecule has 1 aliphatic rings. The van der Waals surface area contributed by atoms with Crippen molar-refractivity contribution in [1.29, 1.82) is 0 Å². The van der Waals surface area contributed by atoms with Crippen molar-refractivity contribution in [3.05, 3.63) is 65.0 Å². The first kappa shape index (κ1) is 13.8. The van der Waals surface area contributed by atoms with E-state index in [0.717, 1.165) is 6.07 Å². The Hall–Kier alpha value is -2.14. The van der Waals surface area contributed by atoms with Crippen LogP contribution in [0.3, 0.4) is 0 Å². The summed E-state index contributed by atoms with van der Waals surface area (Å²) in [5, 5.41) is 10.1. The number of carbonyl (C=O) groups excluding carboxylic acids is 1. The highest BCUT2D eigenvalue weighted by Gasteiger charge is 2.33. The zero-order valence-corrected chi connectivity index (χ0v) is 11.1. The largest absolute Gasteiger partial charge is 0.387 e. The molecule has 21 heavy (non-hydrogen) atoms. The fourth-order valence-electron chi connectivity index (χ4n) is 2.76. The Kier molecular flexibility index (Phi) is 3.51. The summed E-state index contributed by atoms with van der Waals surface area (Å²) < 4.78 is 27.3. The van der Waals surface area contributed by atoms with Gasteiger partial charge in [0.2, 0.25) is 0 Å². The van der Waals surface area contributed by atoms with E-state index in [1.165, 1.54) is 18.3 Å². The van der Waals surface area contributed by atoms with Gasteiger partial charge in [0.15, 0.2) is 17.4 Å². The Morgan fingerprint density at radius 1 is 1.14 bits per heavy atom. The van der Waals surface area contributed by atoms with Gasteiger partial charge >= 0.3 is 0 Å². The van der Waals surface area contributed by atoms with Gasteiger partial charge in [0.1, 0.15) is 0 Å². The Balaban J connectivity index is 2.10. The van der Waals surface area contributed by atoms with Crippen LogP contribution >= 0.6 is 0 Å². The molecule has 5 heteroatoms. The molecule has 0 fully saturated rings. The van der Waals surface area contributed by atoms with Crippen molar-refractivity contribution < 1.29 is 18.7 Å². The minimum atomic E-state index is -1.00. The minimum Gasteiger partial charge on any atom is -0.387 e. The van der Waals surface area contributed by atoms with E-state index in [-0.39, 0.29) is 29.8 Å². The number of aromatic nitrogens is 1. The van der Waals surface area contributed by atoms with Crippen molar-refractivity contribution in [3.8, 4) is 0 Å². The molecule has 0 unspecified atom stereocenters. The van der Waals surface area contributed by atoms with E-state index in [4.69, 9.17) is 0 Å². The molecule has 0 saturated carbocycles. The van der Waals surface area contributed by atoms with Crippen molar-refractivity contribution in [2.75, 3.05) is 0 Å². The SMILES string of the molecule is O=C1c2cccnc2[C@H](O)CC[C@@H]1c1cccc(F)c1F. The fourth-order valence-corrected chi connectivity index (χ4v) is 2.76. The number of carbonyl (C=O) groups is 1. The van der Waals surface area contributed by atoms with Gasteiger partial charge in [0, 0.05) is 17.3 Å². The Morgan fingerprint density at radius 2 is 1.95 bits per heavy atom. The van der Waals surface area contributed by atoms with E-state index in [1.54, 1.807) is 12.1 Å². The number of halogens is 2. The number of rotatable bonds is 1. The predicted octanol–water partition coefficient (Wildman–Crippen LogP) is 3.15. The van der Waals surface area contributed by atoms with Gasteiger partial charge in [-0.15, -0.1) is 0 Å². The molecule has 0 amide bonds. The highest BCUT2D eigenvalue weighted by Crippen LogP contribution is 2.36. The predicted molar refractivity (Wildman–Crippen MR) is 71.9 cm³/mol. The Labute approximate surface area is 120 Å². The molecular formula is C16H13F2NO2. The van der Waals surface area contributed by atoms with Crippen molar-refractivity contribution in [3.63, 3.8) is 0 Å². The average molecular weight is 289 g/mol. The van der Waals surface area contributed by atoms with Gasteiger partial charge in [-0.25, -0.2) is 8.78 Å². The zero-order valence-electron chi connectivity index (χ0n) is 11.1. The average Bonchev–Trinajstić information content (AvgIpc) is 2.62. The molecule has 108 valence electrons. The van der Waals surface area contributed by atoms with Crippen LogP contribution < -0.4 is 0 Å². The molecule has 0 aliphatic heterocycles. The summed E-state index contributed by atoms with van der Waals surface area (Å²) in [7, 11) is 0. The molecule has 2 atom stereocenters. The van der Waals surface area contributed by atoms with Crippen molar-refractivity contribution >= 4 is 5.78 Å². The zero-order chi connectivity index (χ0) is 15.0. The van der Waals surface area contributed by atoms with E-state index >= 15 is 0 Å². The molecular weight excluding hydrogens is 276 g/mol. The third-order valence-electron chi connectivity index (χ3n) is 3.82. The Bertz CT molecular complexity index is 702. The van der Waals surface area contributed by atoms with Gasteiger partial charge in [-0.2, -0.15) is 0 Å². The van der Waals surface area contributed by atoms with Crippen LogP contribution in [-0.2, 0) is 0 Å². The number of nitrogens with zero attached hydrogens (tertiary/aromatic N) is 1. The van der Waals surface area contributed by atoms with Crippen molar-refractivity contribution in [2.24, 2.45) is 0 Å². The lowest BCUT2D eigenvalue weighted by molar-refractivity contribution is 0.0954. The van der Waals surface area contributed by atoms with Gasteiger partial charge in [0.25, 0.3) is 0 Å². The number of benzene rings is 1. The van der Waals surface area contributed by atoms with Crippen molar-refractivity contribution in [1.82, 2.24) is 4.98 Å². The maximum absolute atomic E-state index is 14.0. The van der Waals surface area contributed by atoms with Crippen LogP contribution in [0.2, 0.25) is 0 Å². The third kappa shape index (κ3) is 2.34. The van der Waals surface area contributed by atoms with Crippen LogP contribution in [0.1, 0.15) is 46.5 Å². The van der Waals surface area contributed by atoms with Crippen molar-refractivity contribution in [2.45, 2.75) is 24.9 Å². The summed E-state index contributed by atoms with van der Waals surface area (Å²) in [6.45, 7) is 0. The summed E-state index contributed by atoms with van der Waals surface area (Å²) >= 11 is 0. The molecule has 2 aromatic rings. The lowest BCUT2D eigenvalue weighted by atomic mass is 9.88. The first-order chi connectivity index (χ1) is 10.1. The standard InChI is InChI=1S/C16H13F2NO2/c17-12-5-1-3-9(14(12)18)10-6-7-13(20)15-11(16(10)21)4-2-8-19-15/h1-5,8,10,13,20H,6-7H2/t10-,13-/m1/s1. The number of hydrogen-bond donors (Lipinski definition) is 1. The summed E-state index contributed by atoms with van der Waals surface area (Å²) in [4.78, 5) is 16.6. The molecule has 0 spiro atoms. The van der Waals surface area contributed by atoms with E-state index in [0.29, 0.717) is 5.69 Å². The summed E-state index contributed by atoms with van der Waals surface area (Å²) in [5.41, 5.74) is 0.613. The fraction of sp³-hybridized carbons (Fsp3) is 0.250. The van der Waals surface area contributed by atoms with Crippen LogP contribution in [0.4, 0.5) is 8.78 Å². The summed E-state index contributed by atoms with van der Waals surface area (Å²) in [6, 6.07) is 6.96. The lowest BCUT2D eigenvalue weighted by Gasteiger charge is -2.15. The molecule has 1 aromatic carbocycles. The lowest BCUT2D eigenvalue weighted by Crippen LogP contribution is -2.14. The van der Waals surface area contributed by atoms with Crippen LogP contribution in [0.5, 0.6) is 0 Å². The number of Topliss-reactive ketones (excluding diaryl/α,β-unsaturated/α-hetero) is 1. The van der Waals surface area contributed by atoms with E-state index in [2.05, 4.69) is 4.98 Å². The topological polar surface area (TPSA) is 50.2 Å². The molecule has 0 bridgehead atoms. The number of aliphatic hydroxyl groups is 1. The number of ketones is 1. The molecule has 0 radical (unpaired) electrons. The third-order valence-corrected chi connectivity index (χ3v) is 3.82. The molecule has 1 aromatic heterocycles. The van der Waals surface area contributed by atoms with E-state index in [9.17, 15) is 18.7 Å². The first-order valence-corrected chi connectivity index (χ1v) is 6.70. The minimum absolute atomic E-state index is 0.0314. The number of pyridine rings is 1. The van der Waals surface area contributed by atoms with Gasteiger partial charge < -0.3 is 5.11 Å². The normalized spacial score (nSPS) is 21.8. The second kappa shape index (κ2) is 5.33. The van der Waals surface area contributed by atoms with Crippen LogP contribution in [0, 0.1) is 11.6 Å². The number of fused-ring (bicyclic) bond motifs is 1. The quantitative estimate of drug-likeness (QED) is 0.820. The van der Waals surface area contributed by atoms with Crippen LogP contribution in [0.25, 0.3) is 0 Å². The highest BCUT2D eigenvalue weighted by atomic mass is 19.2. The molecule has 1 aliphatic carbocycles. The second-order valence-electron chi connectivity index (χ2n) is 5.09. The maximum atomic E-state index is 14.0. The maximum Gasteiger partial charge on any atom is 0.172 e. The first-order valence-electron chi connectivity index (χ1n) is 6.70. The van der Waals surface area contributed by atoms with E-state index in [1.807, 2.05) is 0 Å². The molecule has 3 rings (SSSR count). The molecule has 0 saturated heterocycles. The Morgan fingerprint density at radius 3 is 2.76 bits per heavy atom. The van der Waals surface area contributed by atoms with Gasteiger partial charge in [-0.05, 0) is 31.0 Å². The highest BCUT2D eigenvalue weighted by molar-refractivity contribution is 6.02. The smallest absolute Gasteiger partial charge is 0.172 e. The molecule has 1 N–H and O–H groups in total. The number of aliphatic hydroxyl groups excluding tert-OH is 1.